The second kappa shape index (κ2) is 11.4. The van der Waals surface area contributed by atoms with Crippen molar-refractivity contribution in [2.45, 2.75) is 25.7 Å². The van der Waals surface area contributed by atoms with Gasteiger partial charge in [0.25, 0.3) is 0 Å². The van der Waals surface area contributed by atoms with Crippen LogP contribution in [0.1, 0.15) is 35.9 Å². The van der Waals surface area contributed by atoms with Crippen molar-refractivity contribution in [2.75, 3.05) is 41.6 Å². The number of phenolic OH excluding ortho intramolecular Hbond substituents is 1. The van der Waals surface area contributed by atoms with Gasteiger partial charge < -0.3 is 28.4 Å². The Kier molecular flexibility index (Phi) is 8.79. The van der Waals surface area contributed by atoms with Crippen molar-refractivity contribution in [2.24, 2.45) is 5.92 Å². The molecule has 2 aromatic carbocycles. The zero-order chi connectivity index (χ0) is 25.8. The van der Waals surface area contributed by atoms with Crippen molar-refractivity contribution in [1.82, 2.24) is 5.06 Å². The van der Waals surface area contributed by atoms with E-state index >= 15 is 0 Å². The molecule has 0 amide bonds. The van der Waals surface area contributed by atoms with Gasteiger partial charge in [0.15, 0.2) is 17.3 Å². The first-order chi connectivity index (χ1) is 16.8. The van der Waals surface area contributed by atoms with E-state index in [0.29, 0.717) is 22.8 Å². The number of para-hydroxylation sites is 1. The van der Waals surface area contributed by atoms with Gasteiger partial charge in [0, 0.05) is 7.05 Å². The van der Waals surface area contributed by atoms with Gasteiger partial charge in [0.05, 0.1) is 46.0 Å². The molecule has 10 nitrogen and oxygen atoms in total. The molecular formula is C24H32NO9P. The Hall–Kier alpha value is -2.62. The molecule has 1 N–H and O–H groups in total. The van der Waals surface area contributed by atoms with E-state index < -0.39 is 31.2 Å². The fourth-order valence-corrected chi connectivity index (χ4v) is 6.54. The number of hydrogen-bond acceptors (Lipinski definition) is 10. The Labute approximate surface area is 205 Å². The maximum Gasteiger partial charge on any atom is 0.350 e. The minimum Gasteiger partial charge on any atom is -0.507 e. The molecule has 3 rings (SSSR count). The first-order valence-corrected chi connectivity index (χ1v) is 12.8. The number of carbonyl (C=O) groups is 1. The topological polar surface area (TPSA) is 113 Å². The minimum atomic E-state index is -3.87. The highest BCUT2D eigenvalue weighted by Crippen LogP contribution is 2.62. The molecule has 0 spiro atoms. The van der Waals surface area contributed by atoms with Crippen molar-refractivity contribution in [3.05, 3.63) is 47.5 Å². The molecule has 0 aromatic heterocycles. The monoisotopic (exact) mass is 509 g/mol. The van der Waals surface area contributed by atoms with Crippen molar-refractivity contribution < 1.29 is 42.6 Å². The molecule has 11 heteroatoms. The van der Waals surface area contributed by atoms with Crippen LogP contribution in [0.15, 0.2) is 36.4 Å². The van der Waals surface area contributed by atoms with Crippen molar-refractivity contribution in [1.29, 1.82) is 0 Å². The summed E-state index contributed by atoms with van der Waals surface area (Å²) < 4.78 is 41.5. The van der Waals surface area contributed by atoms with Crippen LogP contribution in [0, 0.1) is 5.92 Å². The number of aromatic hydroxyl groups is 1. The molecule has 0 aliphatic carbocycles. The quantitative estimate of drug-likeness (QED) is 0.345. The number of hydroxylamine groups is 2. The molecule has 0 unspecified atom stereocenters. The molecule has 1 heterocycles. The molecule has 3 atom stereocenters. The maximum absolute atomic E-state index is 13.9. The van der Waals surface area contributed by atoms with Crippen LogP contribution in [0.4, 0.5) is 0 Å². The highest BCUT2D eigenvalue weighted by Gasteiger charge is 2.57. The predicted molar refractivity (Wildman–Crippen MR) is 128 cm³/mol. The van der Waals surface area contributed by atoms with E-state index in [1.807, 2.05) is 0 Å². The Balaban J connectivity index is 2.22. The fraction of sp³-hybridized carbons (Fsp3) is 0.458. The Morgan fingerprint density at radius 3 is 2.09 bits per heavy atom. The maximum atomic E-state index is 13.9. The molecule has 192 valence electrons. The van der Waals surface area contributed by atoms with Gasteiger partial charge in [0.2, 0.25) is 5.75 Å². The largest absolute Gasteiger partial charge is 0.507 e. The van der Waals surface area contributed by atoms with Gasteiger partial charge in [-0.15, -0.1) is 0 Å². The smallest absolute Gasteiger partial charge is 0.350 e. The van der Waals surface area contributed by atoms with Crippen molar-refractivity contribution >= 4 is 13.4 Å². The number of Topliss-reactive ketones (excluding diaryl/α,β-unsaturated/α-hetero) is 1. The molecule has 1 aliphatic rings. The number of ether oxygens (including phenoxy) is 3. The van der Waals surface area contributed by atoms with Gasteiger partial charge in [-0.25, -0.2) is 0 Å². The van der Waals surface area contributed by atoms with Crippen molar-refractivity contribution in [3.8, 4) is 23.0 Å². The second-order valence-corrected chi connectivity index (χ2v) is 9.85. The standard InChI is InChI=1S/C24H32NO9P/c1-7-32-35(28,33-8-2)24-20(21(27)16-11-9-10-12-17(16)26)22(34-25(24)3)15-13-18(29-4)23(31-6)19(14-15)30-5/h9-14,20,22,24,26H,7-8H2,1-6H3/t20-,22-,24-/m1/s1. The summed E-state index contributed by atoms with van der Waals surface area (Å²) in [6.45, 7) is 3.60. The van der Waals surface area contributed by atoms with Crippen LogP contribution in [0.2, 0.25) is 0 Å². The summed E-state index contributed by atoms with van der Waals surface area (Å²) >= 11 is 0. The third-order valence-corrected chi connectivity index (χ3v) is 8.26. The Morgan fingerprint density at radius 2 is 1.60 bits per heavy atom. The van der Waals surface area contributed by atoms with Crippen LogP contribution in [-0.2, 0) is 18.5 Å². The van der Waals surface area contributed by atoms with Crippen LogP contribution in [0.25, 0.3) is 0 Å². The molecule has 1 saturated heterocycles. The van der Waals surface area contributed by atoms with Crippen LogP contribution in [0.3, 0.4) is 0 Å². The van der Waals surface area contributed by atoms with E-state index in [9.17, 15) is 14.5 Å². The molecule has 1 aliphatic heterocycles. The first-order valence-electron chi connectivity index (χ1n) is 11.2. The van der Waals surface area contributed by atoms with Crippen LogP contribution < -0.4 is 14.2 Å². The lowest BCUT2D eigenvalue weighted by atomic mass is 9.88. The summed E-state index contributed by atoms with van der Waals surface area (Å²) in [6, 6.07) is 9.51. The average molecular weight is 509 g/mol. The predicted octanol–water partition coefficient (Wildman–Crippen LogP) is 4.43. The number of methoxy groups -OCH3 is 3. The van der Waals surface area contributed by atoms with Gasteiger partial charge in [-0.2, -0.15) is 5.06 Å². The lowest BCUT2D eigenvalue weighted by Crippen LogP contribution is -2.35. The number of carbonyl (C=O) groups excluding carboxylic acids is 1. The van der Waals surface area contributed by atoms with E-state index in [1.54, 1.807) is 45.2 Å². The van der Waals surface area contributed by atoms with E-state index in [0.717, 1.165) is 0 Å². The van der Waals surface area contributed by atoms with Crippen molar-refractivity contribution in [3.63, 3.8) is 0 Å². The molecule has 0 radical (unpaired) electrons. The third kappa shape index (κ3) is 5.17. The Morgan fingerprint density at radius 1 is 1.03 bits per heavy atom. The van der Waals surface area contributed by atoms with E-state index in [1.165, 1.54) is 38.5 Å². The summed E-state index contributed by atoms with van der Waals surface area (Å²) in [4.78, 5) is 20.0. The molecule has 0 saturated carbocycles. The summed E-state index contributed by atoms with van der Waals surface area (Å²) in [6.07, 6.45) is -0.931. The summed E-state index contributed by atoms with van der Waals surface area (Å²) in [5.41, 5.74) is 0.584. The second-order valence-electron chi connectivity index (χ2n) is 7.73. The summed E-state index contributed by atoms with van der Waals surface area (Å²) in [7, 11) is 2.15. The molecule has 35 heavy (non-hydrogen) atoms. The first kappa shape index (κ1) is 27.0. The third-order valence-electron chi connectivity index (χ3n) is 5.73. The number of hydrogen-bond donors (Lipinski definition) is 1. The lowest BCUT2D eigenvalue weighted by molar-refractivity contribution is -0.137. The normalized spacial score (nSPS) is 20.6. The summed E-state index contributed by atoms with van der Waals surface area (Å²) in [5, 5.41) is 11.8. The van der Waals surface area contributed by atoms with E-state index in [4.69, 9.17) is 28.1 Å². The molecular weight excluding hydrogens is 477 g/mol. The summed E-state index contributed by atoms with van der Waals surface area (Å²) in [5.74, 6) is -1.72. The molecule has 0 bridgehead atoms. The number of rotatable bonds is 11. The highest BCUT2D eigenvalue weighted by atomic mass is 31.2. The highest BCUT2D eigenvalue weighted by molar-refractivity contribution is 7.54. The Bertz CT molecular complexity index is 1060. The number of benzene rings is 2. The number of ketones is 1. The van der Waals surface area contributed by atoms with E-state index in [-0.39, 0.29) is 24.5 Å². The van der Waals surface area contributed by atoms with Gasteiger partial charge >= 0.3 is 7.60 Å². The van der Waals surface area contributed by atoms with E-state index in [2.05, 4.69) is 0 Å². The minimum absolute atomic E-state index is 0.0680. The average Bonchev–Trinajstić information content (AvgIpc) is 3.21. The molecule has 1 fully saturated rings. The van der Waals surface area contributed by atoms with Crippen LogP contribution >= 0.6 is 7.60 Å². The number of phenols is 1. The zero-order valence-corrected chi connectivity index (χ0v) is 21.6. The SMILES string of the molecule is CCOP(=O)(OCC)[C@@H]1[C@H](C(=O)c2ccccc2O)[C@@H](c2cc(OC)c(OC)c(OC)c2)ON1C. The number of nitrogens with zero attached hydrogens (tertiary/aromatic N) is 1. The van der Waals surface area contributed by atoms with Crippen LogP contribution in [0.5, 0.6) is 23.0 Å². The zero-order valence-electron chi connectivity index (χ0n) is 20.7. The van der Waals surface area contributed by atoms with Gasteiger partial charge in [-0.05, 0) is 43.7 Å². The lowest BCUT2D eigenvalue weighted by Gasteiger charge is -2.29. The fourth-order valence-electron chi connectivity index (χ4n) is 4.30. The van der Waals surface area contributed by atoms with Gasteiger partial charge in [0.1, 0.15) is 17.6 Å². The van der Waals surface area contributed by atoms with Gasteiger partial charge in [-0.3, -0.25) is 14.2 Å². The van der Waals surface area contributed by atoms with Crippen LogP contribution in [-0.4, -0.2) is 63.3 Å². The molecule has 2 aromatic rings. The van der Waals surface area contributed by atoms with Gasteiger partial charge in [-0.1, -0.05) is 12.1 Å².